The second kappa shape index (κ2) is 5.44. The quantitative estimate of drug-likeness (QED) is 0.783. The van der Waals surface area contributed by atoms with Gasteiger partial charge in [0.05, 0.1) is 11.6 Å². The minimum Gasteiger partial charge on any atom is -0.369 e. The van der Waals surface area contributed by atoms with Gasteiger partial charge in [0.2, 0.25) is 0 Å². The first-order chi connectivity index (χ1) is 8.61. The van der Waals surface area contributed by atoms with Crippen LogP contribution in [0.2, 0.25) is 0 Å². The van der Waals surface area contributed by atoms with Crippen molar-refractivity contribution in [2.45, 2.75) is 46.1 Å². The van der Waals surface area contributed by atoms with Gasteiger partial charge in [-0.25, -0.2) is 0 Å². The van der Waals surface area contributed by atoms with Crippen molar-refractivity contribution < 1.29 is 0 Å². The molecule has 1 aromatic carbocycles. The molecular weight excluding hydrogens is 220 g/mol. The van der Waals surface area contributed by atoms with Gasteiger partial charge in [0.25, 0.3) is 0 Å². The molecule has 1 aliphatic carbocycles. The van der Waals surface area contributed by atoms with Gasteiger partial charge in [-0.3, -0.25) is 0 Å². The fourth-order valence-corrected chi connectivity index (χ4v) is 2.26. The highest BCUT2D eigenvalue weighted by atomic mass is 15.2. The third-order valence-electron chi connectivity index (χ3n) is 3.60. The van der Waals surface area contributed by atoms with Gasteiger partial charge in [-0.2, -0.15) is 5.26 Å². The van der Waals surface area contributed by atoms with Crippen LogP contribution in [0.25, 0.3) is 0 Å². The van der Waals surface area contributed by atoms with E-state index in [-0.39, 0.29) is 0 Å². The van der Waals surface area contributed by atoms with Crippen molar-refractivity contribution >= 4 is 5.69 Å². The van der Waals surface area contributed by atoms with Gasteiger partial charge in [-0.1, -0.05) is 13.8 Å². The summed E-state index contributed by atoms with van der Waals surface area (Å²) in [5.74, 6) is 0.741. The third-order valence-corrected chi connectivity index (χ3v) is 3.60. The fraction of sp³-hybridized carbons (Fsp3) is 0.562. The molecular formula is C16H22N2. The Hall–Kier alpha value is -1.49. The Balaban J connectivity index is 2.15. The molecule has 2 nitrogen and oxygen atoms in total. The molecule has 0 atom stereocenters. The van der Waals surface area contributed by atoms with Crippen LogP contribution in [0.4, 0.5) is 5.69 Å². The van der Waals surface area contributed by atoms with Gasteiger partial charge < -0.3 is 4.90 Å². The number of benzene rings is 1. The molecule has 0 aliphatic heterocycles. The van der Waals surface area contributed by atoms with Crippen molar-refractivity contribution in [1.82, 2.24) is 0 Å². The van der Waals surface area contributed by atoms with Gasteiger partial charge in [-0.05, 0) is 55.9 Å². The van der Waals surface area contributed by atoms with E-state index in [0.29, 0.717) is 0 Å². The lowest BCUT2D eigenvalue weighted by molar-refractivity contribution is 0.571. The fourth-order valence-electron chi connectivity index (χ4n) is 2.26. The number of nitriles is 1. The highest BCUT2D eigenvalue weighted by molar-refractivity contribution is 5.54. The van der Waals surface area contributed by atoms with Crippen molar-refractivity contribution in [2.75, 3.05) is 11.4 Å². The van der Waals surface area contributed by atoms with Crippen LogP contribution in [0.1, 0.15) is 44.2 Å². The number of hydrogen-bond donors (Lipinski definition) is 0. The standard InChI is InChI=1S/C16H22N2/c1-12(2)8-9-18(15-6-7-15)16-5-4-14(11-17)13(3)10-16/h4-5,10,12,15H,6-9H2,1-3H3. The number of aryl methyl sites for hydroxylation is 1. The molecule has 0 bridgehead atoms. The number of hydrogen-bond acceptors (Lipinski definition) is 2. The predicted molar refractivity (Wildman–Crippen MR) is 75.7 cm³/mol. The maximum atomic E-state index is 8.98. The first kappa shape index (κ1) is 13.0. The molecule has 2 rings (SSSR count). The summed E-state index contributed by atoms with van der Waals surface area (Å²) in [6.45, 7) is 7.70. The maximum absolute atomic E-state index is 8.98. The van der Waals surface area contributed by atoms with Crippen LogP contribution in [-0.4, -0.2) is 12.6 Å². The summed E-state index contributed by atoms with van der Waals surface area (Å²) in [6.07, 6.45) is 3.86. The summed E-state index contributed by atoms with van der Waals surface area (Å²) >= 11 is 0. The van der Waals surface area contributed by atoms with E-state index in [0.717, 1.165) is 29.6 Å². The molecule has 0 heterocycles. The average Bonchev–Trinajstić information content (AvgIpc) is 3.13. The van der Waals surface area contributed by atoms with E-state index in [1.165, 1.54) is 24.9 Å². The molecule has 0 spiro atoms. The topological polar surface area (TPSA) is 27.0 Å². The Kier molecular flexibility index (Phi) is 3.91. The highest BCUT2D eigenvalue weighted by Gasteiger charge is 2.29. The molecule has 18 heavy (non-hydrogen) atoms. The molecule has 0 saturated heterocycles. The van der Waals surface area contributed by atoms with E-state index in [9.17, 15) is 0 Å². The minimum absolute atomic E-state index is 0.732. The molecule has 96 valence electrons. The second-order valence-electron chi connectivity index (χ2n) is 5.72. The lowest BCUT2D eigenvalue weighted by atomic mass is 10.1. The van der Waals surface area contributed by atoms with Crippen molar-refractivity contribution in [3.05, 3.63) is 29.3 Å². The van der Waals surface area contributed by atoms with Gasteiger partial charge in [0.1, 0.15) is 0 Å². The van der Waals surface area contributed by atoms with E-state index < -0.39 is 0 Å². The van der Waals surface area contributed by atoms with E-state index in [4.69, 9.17) is 5.26 Å². The van der Waals surface area contributed by atoms with Crippen LogP contribution in [0.15, 0.2) is 18.2 Å². The Morgan fingerprint density at radius 1 is 1.39 bits per heavy atom. The van der Waals surface area contributed by atoms with E-state index in [1.807, 2.05) is 13.0 Å². The first-order valence-corrected chi connectivity index (χ1v) is 6.89. The SMILES string of the molecule is Cc1cc(N(CCC(C)C)C2CC2)ccc1C#N. The predicted octanol–water partition coefficient (Wildman–Crippen LogP) is 3.88. The summed E-state index contributed by atoms with van der Waals surface area (Å²) in [5.41, 5.74) is 3.17. The molecule has 0 unspecified atom stereocenters. The summed E-state index contributed by atoms with van der Waals surface area (Å²) in [7, 11) is 0. The summed E-state index contributed by atoms with van der Waals surface area (Å²) in [4.78, 5) is 2.52. The zero-order valence-electron chi connectivity index (χ0n) is 11.6. The molecule has 1 fully saturated rings. The second-order valence-corrected chi connectivity index (χ2v) is 5.72. The molecule has 1 saturated carbocycles. The third kappa shape index (κ3) is 3.04. The lowest BCUT2D eigenvalue weighted by Gasteiger charge is -2.26. The van der Waals surface area contributed by atoms with Crippen molar-refractivity contribution in [3.8, 4) is 6.07 Å². The maximum Gasteiger partial charge on any atom is 0.0994 e. The molecule has 0 N–H and O–H groups in total. The van der Waals surface area contributed by atoms with E-state index in [1.54, 1.807) is 0 Å². The van der Waals surface area contributed by atoms with Crippen LogP contribution < -0.4 is 4.90 Å². The average molecular weight is 242 g/mol. The summed E-state index contributed by atoms with van der Waals surface area (Å²) in [5, 5.41) is 8.98. The molecule has 1 aliphatic rings. The lowest BCUT2D eigenvalue weighted by Crippen LogP contribution is -2.27. The number of nitrogens with zero attached hydrogens (tertiary/aromatic N) is 2. The zero-order chi connectivity index (χ0) is 13.1. The molecule has 0 aromatic heterocycles. The van der Waals surface area contributed by atoms with E-state index >= 15 is 0 Å². The Bertz CT molecular complexity index is 453. The van der Waals surface area contributed by atoms with Crippen LogP contribution in [0.3, 0.4) is 0 Å². The van der Waals surface area contributed by atoms with Crippen molar-refractivity contribution in [3.63, 3.8) is 0 Å². The largest absolute Gasteiger partial charge is 0.369 e. The smallest absolute Gasteiger partial charge is 0.0994 e. The number of rotatable bonds is 5. The Morgan fingerprint density at radius 3 is 2.61 bits per heavy atom. The monoisotopic (exact) mass is 242 g/mol. The molecule has 0 radical (unpaired) electrons. The van der Waals surface area contributed by atoms with Gasteiger partial charge in [0.15, 0.2) is 0 Å². The van der Waals surface area contributed by atoms with Crippen LogP contribution in [0, 0.1) is 24.2 Å². The van der Waals surface area contributed by atoms with Crippen LogP contribution >= 0.6 is 0 Å². The van der Waals surface area contributed by atoms with Gasteiger partial charge in [-0.15, -0.1) is 0 Å². The van der Waals surface area contributed by atoms with Crippen molar-refractivity contribution in [2.24, 2.45) is 5.92 Å². The zero-order valence-corrected chi connectivity index (χ0v) is 11.6. The summed E-state index contributed by atoms with van der Waals surface area (Å²) in [6, 6.07) is 9.19. The molecule has 2 heteroatoms. The summed E-state index contributed by atoms with van der Waals surface area (Å²) < 4.78 is 0. The van der Waals surface area contributed by atoms with E-state index in [2.05, 4.69) is 36.9 Å². The first-order valence-electron chi connectivity index (χ1n) is 6.89. The normalized spacial score (nSPS) is 14.6. The van der Waals surface area contributed by atoms with Crippen LogP contribution in [-0.2, 0) is 0 Å². The highest BCUT2D eigenvalue weighted by Crippen LogP contribution is 2.33. The van der Waals surface area contributed by atoms with Crippen LogP contribution in [0.5, 0.6) is 0 Å². The minimum atomic E-state index is 0.732. The number of anilines is 1. The Morgan fingerprint density at radius 2 is 2.11 bits per heavy atom. The van der Waals surface area contributed by atoms with Gasteiger partial charge in [0, 0.05) is 18.3 Å². The molecule has 1 aromatic rings. The van der Waals surface area contributed by atoms with Crippen molar-refractivity contribution in [1.29, 1.82) is 5.26 Å². The van der Waals surface area contributed by atoms with Gasteiger partial charge >= 0.3 is 0 Å². The molecule has 0 amide bonds. The Labute approximate surface area is 110 Å².